The lowest BCUT2D eigenvalue weighted by molar-refractivity contribution is 0.659. The molecule has 1 aromatic heterocycles. The highest BCUT2D eigenvalue weighted by Crippen LogP contribution is 2.29. The van der Waals surface area contributed by atoms with Gasteiger partial charge in [0.25, 0.3) is 5.56 Å². The maximum absolute atomic E-state index is 11.8. The summed E-state index contributed by atoms with van der Waals surface area (Å²) in [5.74, 6) is 0. The Kier molecular flexibility index (Phi) is 3.51. The number of nitrogens with zero attached hydrogens (tertiary/aromatic N) is 1. The molecule has 0 saturated heterocycles. The van der Waals surface area contributed by atoms with Crippen molar-refractivity contribution >= 4 is 12.0 Å². The monoisotopic (exact) mass is 258 g/mol. The topological polar surface area (TPSA) is 76.9 Å². The van der Waals surface area contributed by atoms with E-state index in [9.17, 15) is 10.1 Å². The molecule has 0 fully saturated rings. The average molecular weight is 258 g/mol. The van der Waals surface area contributed by atoms with E-state index in [-0.39, 0.29) is 16.1 Å². The number of aromatic amines is 1. The van der Waals surface area contributed by atoms with Crippen LogP contribution in [0.25, 0.3) is 11.1 Å². The van der Waals surface area contributed by atoms with Gasteiger partial charge in [-0.1, -0.05) is 30.3 Å². The Morgan fingerprint density at radius 2 is 2.00 bits per heavy atom. The van der Waals surface area contributed by atoms with E-state index in [1.165, 1.54) is 0 Å². The molecule has 0 aliphatic carbocycles. The van der Waals surface area contributed by atoms with Crippen LogP contribution in [0.4, 0.5) is 0 Å². The van der Waals surface area contributed by atoms with E-state index in [4.69, 9.17) is 4.55 Å². The Bertz CT molecular complexity index is 672. The molecule has 2 rings (SSSR count). The summed E-state index contributed by atoms with van der Waals surface area (Å²) >= 11 is 0.374. The summed E-state index contributed by atoms with van der Waals surface area (Å²) in [7, 11) is 0. The minimum Gasteiger partial charge on any atom is -0.324 e. The van der Waals surface area contributed by atoms with Crippen LogP contribution in [-0.4, -0.2) is 9.54 Å². The number of H-pyrrole nitrogens is 1. The smallest absolute Gasteiger partial charge is 0.252 e. The fraction of sp³-hybridized carbons (Fsp3) is 0.0769. The van der Waals surface area contributed by atoms with E-state index >= 15 is 0 Å². The molecule has 0 aliphatic rings. The molecule has 2 N–H and O–H groups in total. The van der Waals surface area contributed by atoms with Gasteiger partial charge in [0.15, 0.2) is 0 Å². The summed E-state index contributed by atoms with van der Waals surface area (Å²) in [6.45, 7) is 1.66. The molecule has 0 spiro atoms. The van der Waals surface area contributed by atoms with Crippen LogP contribution in [0.5, 0.6) is 0 Å². The van der Waals surface area contributed by atoms with Crippen molar-refractivity contribution in [1.82, 2.24) is 4.98 Å². The van der Waals surface area contributed by atoms with Crippen LogP contribution < -0.4 is 5.56 Å². The lowest BCUT2D eigenvalue weighted by atomic mass is 9.98. The second-order valence-electron chi connectivity index (χ2n) is 3.73. The number of hydrogen-bond acceptors (Lipinski definition) is 4. The molecule has 1 heterocycles. The van der Waals surface area contributed by atoms with Gasteiger partial charge in [0.1, 0.15) is 11.1 Å². The van der Waals surface area contributed by atoms with E-state index in [1.807, 2.05) is 36.4 Å². The van der Waals surface area contributed by atoms with Crippen LogP contribution in [0.3, 0.4) is 0 Å². The number of nitrogens with one attached hydrogen (secondary N) is 1. The normalized spacial score (nSPS) is 10.1. The van der Waals surface area contributed by atoms with Crippen LogP contribution >= 0.6 is 12.0 Å². The summed E-state index contributed by atoms with van der Waals surface area (Å²) < 4.78 is 9.13. The van der Waals surface area contributed by atoms with Crippen LogP contribution in [-0.2, 0) is 0 Å². The first kappa shape index (κ1) is 12.4. The first-order chi connectivity index (χ1) is 8.69. The van der Waals surface area contributed by atoms with Crippen LogP contribution in [0, 0.1) is 18.3 Å². The van der Waals surface area contributed by atoms with Crippen LogP contribution in [0.2, 0.25) is 0 Å². The average Bonchev–Trinajstić information content (AvgIpc) is 2.42. The molecule has 0 unspecified atom stereocenters. The number of hydrogen-bond donors (Lipinski definition) is 2. The van der Waals surface area contributed by atoms with Crippen molar-refractivity contribution in [2.45, 2.75) is 11.9 Å². The van der Waals surface area contributed by atoms with Gasteiger partial charge >= 0.3 is 0 Å². The van der Waals surface area contributed by atoms with Crippen molar-refractivity contribution in [2.24, 2.45) is 0 Å². The maximum Gasteiger partial charge on any atom is 0.252 e. The fourth-order valence-electron chi connectivity index (χ4n) is 1.81. The number of benzene rings is 1. The van der Waals surface area contributed by atoms with Gasteiger partial charge in [-0.05, 0) is 12.5 Å². The van der Waals surface area contributed by atoms with Crippen molar-refractivity contribution in [3.8, 4) is 17.2 Å². The van der Waals surface area contributed by atoms with E-state index in [1.54, 1.807) is 6.92 Å². The first-order valence-corrected chi connectivity index (χ1v) is 6.00. The predicted molar refractivity (Wildman–Crippen MR) is 70.4 cm³/mol. The van der Waals surface area contributed by atoms with Crippen molar-refractivity contribution in [3.63, 3.8) is 0 Å². The van der Waals surface area contributed by atoms with E-state index in [0.29, 0.717) is 23.2 Å². The zero-order valence-electron chi connectivity index (χ0n) is 9.60. The Labute approximate surface area is 108 Å². The first-order valence-electron chi connectivity index (χ1n) is 5.23. The zero-order valence-corrected chi connectivity index (χ0v) is 10.4. The lowest BCUT2D eigenvalue weighted by Gasteiger charge is -2.10. The molecule has 0 bridgehead atoms. The van der Waals surface area contributed by atoms with Gasteiger partial charge in [-0.3, -0.25) is 4.79 Å². The highest BCUT2D eigenvalue weighted by molar-refractivity contribution is 7.93. The number of nitriles is 1. The molecule has 0 atom stereocenters. The molecular formula is C13H10N2O2S. The molecular weight excluding hydrogens is 248 g/mol. The fourth-order valence-corrected chi connectivity index (χ4v) is 2.19. The van der Waals surface area contributed by atoms with Gasteiger partial charge in [-0.15, -0.1) is 0 Å². The Morgan fingerprint density at radius 3 is 2.56 bits per heavy atom. The summed E-state index contributed by atoms with van der Waals surface area (Å²) in [4.78, 5) is 14.3. The van der Waals surface area contributed by atoms with E-state index in [0.717, 1.165) is 5.56 Å². The van der Waals surface area contributed by atoms with Gasteiger partial charge in [0.2, 0.25) is 0 Å². The summed E-state index contributed by atoms with van der Waals surface area (Å²) in [6, 6.07) is 11.2. The highest BCUT2D eigenvalue weighted by atomic mass is 32.2. The predicted octanol–water partition coefficient (Wildman–Crippen LogP) is 2.79. The third kappa shape index (κ3) is 2.04. The molecule has 18 heavy (non-hydrogen) atoms. The minimum absolute atomic E-state index is 0.173. The number of aromatic nitrogens is 1. The minimum atomic E-state index is -0.301. The summed E-state index contributed by atoms with van der Waals surface area (Å²) in [6.07, 6.45) is 0. The highest BCUT2D eigenvalue weighted by Gasteiger charge is 2.16. The molecule has 0 saturated carbocycles. The zero-order chi connectivity index (χ0) is 13.1. The Hall–Kier alpha value is -2.03. The molecule has 1 aromatic carbocycles. The van der Waals surface area contributed by atoms with Crippen molar-refractivity contribution < 1.29 is 4.55 Å². The Morgan fingerprint density at radius 1 is 1.33 bits per heavy atom. The Balaban J connectivity index is 2.85. The second kappa shape index (κ2) is 5.08. The molecule has 90 valence electrons. The quantitative estimate of drug-likeness (QED) is 0.812. The van der Waals surface area contributed by atoms with Gasteiger partial charge in [-0.2, -0.15) is 5.26 Å². The maximum atomic E-state index is 11.8. The van der Waals surface area contributed by atoms with Crippen molar-refractivity contribution in [3.05, 3.63) is 51.8 Å². The summed E-state index contributed by atoms with van der Waals surface area (Å²) in [5, 5.41) is 9.38. The standard InChI is InChI=1S/C13H10N2O2S/c1-8-11(9-5-3-2-4-6-9)10(7-14)13(18-17)15-12(8)16/h2-6,17H,1H3,(H,15,16). The van der Waals surface area contributed by atoms with Crippen molar-refractivity contribution in [1.29, 1.82) is 5.26 Å². The third-order valence-corrected chi connectivity index (χ3v) is 3.17. The second-order valence-corrected chi connectivity index (χ2v) is 4.32. The lowest BCUT2D eigenvalue weighted by Crippen LogP contribution is -2.14. The van der Waals surface area contributed by atoms with Crippen LogP contribution in [0.15, 0.2) is 40.2 Å². The van der Waals surface area contributed by atoms with Gasteiger partial charge in [0.05, 0.1) is 5.56 Å². The van der Waals surface area contributed by atoms with E-state index < -0.39 is 0 Å². The van der Waals surface area contributed by atoms with Crippen LogP contribution in [0.1, 0.15) is 11.1 Å². The van der Waals surface area contributed by atoms with Crippen molar-refractivity contribution in [2.75, 3.05) is 0 Å². The van der Waals surface area contributed by atoms with E-state index in [2.05, 4.69) is 4.98 Å². The van der Waals surface area contributed by atoms with Gasteiger partial charge in [-0.25, -0.2) is 0 Å². The molecule has 5 heteroatoms. The van der Waals surface area contributed by atoms with Gasteiger partial charge in [0, 0.05) is 23.2 Å². The largest absolute Gasteiger partial charge is 0.324 e. The SMILES string of the molecule is Cc1c(-c2ccccc2)c(C#N)c(SO)[nH]c1=O. The molecule has 0 amide bonds. The van der Waals surface area contributed by atoms with Gasteiger partial charge < -0.3 is 9.54 Å². The molecule has 2 aromatic rings. The third-order valence-electron chi connectivity index (χ3n) is 2.69. The molecule has 0 radical (unpaired) electrons. The summed E-state index contributed by atoms with van der Waals surface area (Å²) in [5.41, 5.74) is 1.80. The molecule has 0 aliphatic heterocycles. The number of rotatable bonds is 2. The molecule has 4 nitrogen and oxygen atoms in total. The number of pyridine rings is 1.